The quantitative estimate of drug-likeness (QED) is 0.700. The molecule has 0 aliphatic carbocycles. The number of fused-ring (bicyclic) bond motifs is 1. The van der Waals surface area contributed by atoms with Crippen LogP contribution >= 0.6 is 0 Å². The molecular formula is C19H25N3O5. The minimum atomic E-state index is -0.752. The molecule has 0 fully saturated rings. The lowest BCUT2D eigenvalue weighted by molar-refractivity contribution is -0.125. The molecule has 0 bridgehead atoms. The Labute approximate surface area is 157 Å². The van der Waals surface area contributed by atoms with E-state index in [1.165, 1.54) is 11.8 Å². The molecule has 0 saturated carbocycles. The van der Waals surface area contributed by atoms with E-state index < -0.39 is 18.5 Å². The van der Waals surface area contributed by atoms with Crippen LogP contribution in [0.2, 0.25) is 0 Å². The minimum absolute atomic E-state index is 0.0172. The Balaban J connectivity index is 2.23. The molecule has 0 aliphatic heterocycles. The van der Waals surface area contributed by atoms with Gasteiger partial charge in [-0.25, -0.2) is 9.48 Å². The van der Waals surface area contributed by atoms with Gasteiger partial charge in [0.25, 0.3) is 11.5 Å². The highest BCUT2D eigenvalue weighted by molar-refractivity contribution is 6.02. The van der Waals surface area contributed by atoms with Crippen molar-refractivity contribution in [2.75, 3.05) is 20.3 Å². The maximum Gasteiger partial charge on any atom is 0.359 e. The van der Waals surface area contributed by atoms with Crippen molar-refractivity contribution < 1.29 is 19.1 Å². The fourth-order valence-electron chi connectivity index (χ4n) is 2.66. The Morgan fingerprint density at radius 2 is 1.85 bits per heavy atom. The number of amides is 1. The zero-order chi connectivity index (χ0) is 20.0. The highest BCUT2D eigenvalue weighted by Crippen LogP contribution is 2.14. The summed E-state index contributed by atoms with van der Waals surface area (Å²) in [5.74, 6) is -1.01. The van der Waals surface area contributed by atoms with Gasteiger partial charge in [0.2, 0.25) is 0 Å². The van der Waals surface area contributed by atoms with E-state index in [4.69, 9.17) is 9.47 Å². The number of methoxy groups -OCH3 is 1. The van der Waals surface area contributed by atoms with E-state index in [0.29, 0.717) is 23.9 Å². The topological polar surface area (TPSA) is 99.5 Å². The largest absolute Gasteiger partial charge is 0.451 e. The predicted octanol–water partition coefficient (Wildman–Crippen LogP) is 1.36. The molecule has 1 heterocycles. The van der Waals surface area contributed by atoms with E-state index in [0.717, 1.165) is 0 Å². The van der Waals surface area contributed by atoms with Crippen molar-refractivity contribution in [1.29, 1.82) is 0 Å². The molecule has 2 rings (SSSR count). The molecule has 2 aromatic rings. The second-order valence-corrected chi connectivity index (χ2v) is 6.78. The van der Waals surface area contributed by atoms with E-state index in [9.17, 15) is 14.4 Å². The van der Waals surface area contributed by atoms with Crippen LogP contribution in [-0.4, -0.2) is 48.0 Å². The number of nitrogens with one attached hydrogen (secondary N) is 1. The maximum absolute atomic E-state index is 12.6. The first-order valence-corrected chi connectivity index (χ1v) is 8.78. The lowest BCUT2D eigenvalue weighted by Crippen LogP contribution is -2.38. The van der Waals surface area contributed by atoms with Crippen molar-refractivity contribution in [3.05, 3.63) is 40.3 Å². The molecule has 0 unspecified atom stereocenters. The molecule has 8 heteroatoms. The van der Waals surface area contributed by atoms with Gasteiger partial charge in [0.15, 0.2) is 12.3 Å². The zero-order valence-electron chi connectivity index (χ0n) is 16.0. The van der Waals surface area contributed by atoms with E-state index in [-0.39, 0.29) is 23.2 Å². The standard InChI is InChI=1S/C19H25N3O5/c1-12(2)9-22-18(24)15-8-6-5-7-14(15)17(21-22)19(25)27-11-16(23)20-13(3)10-26-4/h5-8,12-13H,9-11H2,1-4H3,(H,20,23)/t13-/m0/s1. The summed E-state index contributed by atoms with van der Waals surface area (Å²) in [6.45, 7) is 5.97. The Kier molecular flexibility index (Phi) is 7.06. The van der Waals surface area contributed by atoms with Crippen LogP contribution in [0.3, 0.4) is 0 Å². The average Bonchev–Trinajstić information content (AvgIpc) is 2.62. The third kappa shape index (κ3) is 5.37. The number of ether oxygens (including phenoxy) is 2. The van der Waals surface area contributed by atoms with Crippen LogP contribution in [0.4, 0.5) is 0 Å². The lowest BCUT2D eigenvalue weighted by Gasteiger charge is -2.14. The number of aromatic nitrogens is 2. The van der Waals surface area contributed by atoms with Crippen LogP contribution in [0.1, 0.15) is 31.3 Å². The van der Waals surface area contributed by atoms with Crippen LogP contribution in [0, 0.1) is 5.92 Å². The number of rotatable bonds is 8. The van der Waals surface area contributed by atoms with Crippen LogP contribution in [0.15, 0.2) is 29.1 Å². The van der Waals surface area contributed by atoms with Gasteiger partial charge in [-0.2, -0.15) is 5.10 Å². The van der Waals surface area contributed by atoms with Crippen molar-refractivity contribution >= 4 is 22.6 Å². The molecule has 1 atom stereocenters. The van der Waals surface area contributed by atoms with Gasteiger partial charge in [-0.15, -0.1) is 0 Å². The average molecular weight is 375 g/mol. The molecule has 1 aromatic carbocycles. The molecule has 8 nitrogen and oxygen atoms in total. The Hall–Kier alpha value is -2.74. The van der Waals surface area contributed by atoms with Gasteiger partial charge < -0.3 is 14.8 Å². The van der Waals surface area contributed by atoms with E-state index in [2.05, 4.69) is 10.4 Å². The Morgan fingerprint density at radius 1 is 1.19 bits per heavy atom. The van der Waals surface area contributed by atoms with E-state index >= 15 is 0 Å². The van der Waals surface area contributed by atoms with Gasteiger partial charge in [-0.1, -0.05) is 32.0 Å². The van der Waals surface area contributed by atoms with E-state index in [1.807, 2.05) is 13.8 Å². The van der Waals surface area contributed by atoms with Gasteiger partial charge >= 0.3 is 5.97 Å². The number of carbonyl (C=O) groups excluding carboxylic acids is 2. The maximum atomic E-state index is 12.6. The molecule has 1 amide bonds. The Bertz CT molecular complexity index is 875. The Morgan fingerprint density at radius 3 is 2.48 bits per heavy atom. The molecule has 0 saturated heterocycles. The van der Waals surface area contributed by atoms with Gasteiger partial charge in [0, 0.05) is 25.1 Å². The molecule has 146 valence electrons. The van der Waals surface area contributed by atoms with Crippen LogP contribution in [0.5, 0.6) is 0 Å². The summed E-state index contributed by atoms with van der Waals surface area (Å²) in [6.07, 6.45) is 0. The molecule has 1 aromatic heterocycles. The van der Waals surface area contributed by atoms with Crippen LogP contribution in [-0.2, 0) is 20.8 Å². The second kappa shape index (κ2) is 9.27. The molecule has 0 radical (unpaired) electrons. The summed E-state index contributed by atoms with van der Waals surface area (Å²) in [4.78, 5) is 37.0. The number of nitrogens with zero attached hydrogens (tertiary/aromatic N) is 2. The SMILES string of the molecule is COC[C@H](C)NC(=O)COC(=O)c1nn(CC(C)C)c(=O)c2ccccc12. The van der Waals surface area contributed by atoms with Crippen molar-refractivity contribution in [1.82, 2.24) is 15.1 Å². The highest BCUT2D eigenvalue weighted by atomic mass is 16.5. The van der Waals surface area contributed by atoms with E-state index in [1.54, 1.807) is 31.2 Å². The minimum Gasteiger partial charge on any atom is -0.451 e. The summed E-state index contributed by atoms with van der Waals surface area (Å²) in [5, 5.41) is 7.63. The monoisotopic (exact) mass is 375 g/mol. The predicted molar refractivity (Wildman–Crippen MR) is 101 cm³/mol. The third-order valence-electron chi connectivity index (χ3n) is 3.76. The molecule has 0 aliphatic rings. The third-order valence-corrected chi connectivity index (χ3v) is 3.76. The van der Waals surface area contributed by atoms with Crippen molar-refractivity contribution in [3.8, 4) is 0 Å². The fourth-order valence-corrected chi connectivity index (χ4v) is 2.66. The smallest absolute Gasteiger partial charge is 0.359 e. The van der Waals surface area contributed by atoms with Gasteiger partial charge in [0.05, 0.1) is 12.0 Å². The first-order valence-electron chi connectivity index (χ1n) is 8.78. The summed E-state index contributed by atoms with van der Waals surface area (Å²) in [6, 6.07) is 6.52. The fraction of sp³-hybridized carbons (Fsp3) is 0.474. The molecule has 0 spiro atoms. The summed E-state index contributed by atoms with van der Waals surface area (Å²) >= 11 is 0. The molecule has 1 N–H and O–H groups in total. The number of benzene rings is 1. The lowest BCUT2D eigenvalue weighted by atomic mass is 10.1. The number of hydrogen-bond acceptors (Lipinski definition) is 6. The summed E-state index contributed by atoms with van der Waals surface area (Å²) in [5.41, 5.74) is -0.245. The van der Waals surface area contributed by atoms with Gasteiger partial charge in [-0.3, -0.25) is 9.59 Å². The first-order chi connectivity index (χ1) is 12.8. The first kappa shape index (κ1) is 20.6. The number of hydrogen-bond donors (Lipinski definition) is 1. The summed E-state index contributed by atoms with van der Waals surface area (Å²) < 4.78 is 11.3. The second-order valence-electron chi connectivity index (χ2n) is 6.78. The number of esters is 1. The number of carbonyl (C=O) groups is 2. The summed E-state index contributed by atoms with van der Waals surface area (Å²) in [7, 11) is 1.53. The molecule has 27 heavy (non-hydrogen) atoms. The highest BCUT2D eigenvalue weighted by Gasteiger charge is 2.19. The van der Waals surface area contributed by atoms with Gasteiger partial charge in [0.1, 0.15) is 0 Å². The van der Waals surface area contributed by atoms with Gasteiger partial charge in [-0.05, 0) is 18.9 Å². The van der Waals surface area contributed by atoms with Crippen LogP contribution in [0.25, 0.3) is 10.8 Å². The van der Waals surface area contributed by atoms with Crippen molar-refractivity contribution in [2.45, 2.75) is 33.4 Å². The van der Waals surface area contributed by atoms with Crippen molar-refractivity contribution in [2.24, 2.45) is 5.92 Å². The van der Waals surface area contributed by atoms with Crippen molar-refractivity contribution in [3.63, 3.8) is 0 Å². The van der Waals surface area contributed by atoms with Crippen LogP contribution < -0.4 is 10.9 Å². The zero-order valence-corrected chi connectivity index (χ0v) is 16.0. The normalized spacial score (nSPS) is 12.2. The molecular weight excluding hydrogens is 350 g/mol.